The lowest BCUT2D eigenvalue weighted by Crippen LogP contribution is -2.47. The van der Waals surface area contributed by atoms with Crippen LogP contribution in [-0.2, 0) is 9.47 Å². The molecule has 25 heavy (non-hydrogen) atoms. The minimum absolute atomic E-state index is 0.0109. The number of morpholine rings is 1. The fraction of sp³-hybridized carbons (Fsp3) is 0.667. The van der Waals surface area contributed by atoms with Gasteiger partial charge in [-0.1, -0.05) is 0 Å². The summed E-state index contributed by atoms with van der Waals surface area (Å²) in [6.07, 6.45) is 3.75. The maximum Gasteiger partial charge on any atom is 0.255 e. The van der Waals surface area contributed by atoms with Crippen LogP contribution in [0.25, 0.3) is 0 Å². The molecule has 0 bridgehead atoms. The van der Waals surface area contributed by atoms with Crippen LogP contribution in [0.2, 0.25) is 0 Å². The van der Waals surface area contributed by atoms with Crippen molar-refractivity contribution in [3.63, 3.8) is 0 Å². The quantitative estimate of drug-likeness (QED) is 0.787. The third kappa shape index (κ3) is 4.48. The summed E-state index contributed by atoms with van der Waals surface area (Å²) in [6.45, 7) is 6.07. The molecule has 138 valence electrons. The van der Waals surface area contributed by atoms with Gasteiger partial charge < -0.3 is 25.0 Å². The first-order chi connectivity index (χ1) is 12.2. The van der Waals surface area contributed by atoms with Crippen molar-refractivity contribution in [2.24, 2.45) is 5.41 Å². The molecule has 1 amide bonds. The SMILES string of the molecule is COCC1(CNC(=O)c2cccnc2N2CCOCC2)CCNCC1. The molecule has 1 aromatic rings. The standard InChI is InChI=1S/C18H28N4O3/c1-24-14-18(4-7-19-8-5-18)13-21-17(23)15-3-2-6-20-16(15)22-9-11-25-12-10-22/h2-3,6,19H,4-5,7-14H2,1H3,(H,21,23). The molecule has 2 N–H and O–H groups in total. The van der Waals surface area contributed by atoms with Crippen LogP contribution in [-0.4, -0.2) is 70.5 Å². The van der Waals surface area contributed by atoms with Crippen molar-refractivity contribution in [1.29, 1.82) is 0 Å². The Morgan fingerprint density at radius 2 is 2.16 bits per heavy atom. The van der Waals surface area contributed by atoms with Crippen molar-refractivity contribution in [3.05, 3.63) is 23.9 Å². The van der Waals surface area contributed by atoms with Crippen molar-refractivity contribution < 1.29 is 14.3 Å². The Bertz CT molecular complexity index is 564. The average molecular weight is 348 g/mol. The number of pyridine rings is 1. The third-order valence-electron chi connectivity index (χ3n) is 5.08. The number of ether oxygens (including phenoxy) is 2. The second-order valence-electron chi connectivity index (χ2n) is 6.84. The normalized spacial score (nSPS) is 20.3. The molecule has 2 fully saturated rings. The molecule has 3 heterocycles. The summed E-state index contributed by atoms with van der Waals surface area (Å²) in [4.78, 5) is 19.4. The Morgan fingerprint density at radius 3 is 2.88 bits per heavy atom. The van der Waals surface area contributed by atoms with Crippen molar-refractivity contribution >= 4 is 11.7 Å². The van der Waals surface area contributed by atoms with Gasteiger partial charge in [-0.15, -0.1) is 0 Å². The molecule has 0 aromatic carbocycles. The highest BCUT2D eigenvalue weighted by molar-refractivity contribution is 5.98. The number of piperidine rings is 1. The van der Waals surface area contributed by atoms with Crippen LogP contribution in [0.15, 0.2) is 18.3 Å². The molecule has 2 aliphatic rings. The minimum atomic E-state index is -0.0661. The number of aromatic nitrogens is 1. The largest absolute Gasteiger partial charge is 0.384 e. The van der Waals surface area contributed by atoms with Gasteiger partial charge in [-0.05, 0) is 38.1 Å². The number of nitrogens with one attached hydrogen (secondary N) is 2. The monoisotopic (exact) mass is 348 g/mol. The molecule has 1 aromatic heterocycles. The lowest BCUT2D eigenvalue weighted by molar-refractivity contribution is 0.0511. The second-order valence-corrected chi connectivity index (χ2v) is 6.84. The van der Waals surface area contributed by atoms with E-state index in [-0.39, 0.29) is 11.3 Å². The number of methoxy groups -OCH3 is 1. The van der Waals surface area contributed by atoms with E-state index in [2.05, 4.69) is 20.5 Å². The van der Waals surface area contributed by atoms with Crippen LogP contribution in [0.5, 0.6) is 0 Å². The molecule has 0 aliphatic carbocycles. The first kappa shape index (κ1) is 18.1. The van der Waals surface area contributed by atoms with Crippen molar-refractivity contribution in [2.45, 2.75) is 12.8 Å². The maximum atomic E-state index is 12.8. The van der Waals surface area contributed by atoms with Crippen LogP contribution in [0.4, 0.5) is 5.82 Å². The third-order valence-corrected chi connectivity index (χ3v) is 5.08. The molecular formula is C18H28N4O3. The first-order valence-corrected chi connectivity index (χ1v) is 9.00. The zero-order valence-corrected chi connectivity index (χ0v) is 14.9. The Balaban J connectivity index is 1.68. The average Bonchev–Trinajstić information content (AvgIpc) is 2.68. The summed E-state index contributed by atoms with van der Waals surface area (Å²) in [5.74, 6) is 0.679. The van der Waals surface area contributed by atoms with Crippen LogP contribution < -0.4 is 15.5 Å². The molecule has 3 rings (SSSR count). The van der Waals surface area contributed by atoms with E-state index in [1.165, 1.54) is 0 Å². The number of carbonyl (C=O) groups excluding carboxylic acids is 1. The fourth-order valence-electron chi connectivity index (χ4n) is 3.60. The number of amides is 1. The molecule has 0 unspecified atom stereocenters. The molecule has 0 atom stereocenters. The molecule has 2 saturated heterocycles. The molecular weight excluding hydrogens is 320 g/mol. The van der Waals surface area contributed by atoms with E-state index in [0.29, 0.717) is 31.9 Å². The predicted octanol–water partition coefficient (Wildman–Crippen LogP) is 0.664. The number of nitrogens with zero attached hydrogens (tertiary/aromatic N) is 2. The van der Waals surface area contributed by atoms with E-state index in [0.717, 1.165) is 44.8 Å². The van der Waals surface area contributed by atoms with E-state index < -0.39 is 0 Å². The van der Waals surface area contributed by atoms with E-state index >= 15 is 0 Å². The molecule has 2 aliphatic heterocycles. The fourth-order valence-corrected chi connectivity index (χ4v) is 3.60. The molecule has 0 saturated carbocycles. The van der Waals surface area contributed by atoms with Gasteiger partial charge >= 0.3 is 0 Å². The highest BCUT2D eigenvalue weighted by atomic mass is 16.5. The lowest BCUT2D eigenvalue weighted by Gasteiger charge is -2.37. The molecule has 0 radical (unpaired) electrons. The second kappa shape index (κ2) is 8.60. The van der Waals surface area contributed by atoms with Crippen LogP contribution in [0.1, 0.15) is 23.2 Å². The van der Waals surface area contributed by atoms with Crippen molar-refractivity contribution in [2.75, 3.05) is 64.6 Å². The van der Waals surface area contributed by atoms with Crippen molar-refractivity contribution in [3.8, 4) is 0 Å². The maximum absolute atomic E-state index is 12.8. The van der Waals surface area contributed by atoms with E-state index in [1.807, 2.05) is 12.1 Å². The van der Waals surface area contributed by atoms with Gasteiger partial charge in [0.15, 0.2) is 0 Å². The van der Waals surface area contributed by atoms with Crippen LogP contribution in [0.3, 0.4) is 0 Å². The van der Waals surface area contributed by atoms with Gasteiger partial charge in [0.05, 0.1) is 25.4 Å². The number of anilines is 1. The summed E-state index contributed by atoms with van der Waals surface area (Å²) in [5, 5.41) is 6.50. The smallest absolute Gasteiger partial charge is 0.255 e. The van der Waals surface area contributed by atoms with Crippen LogP contribution in [0, 0.1) is 5.41 Å². The number of hydrogen-bond donors (Lipinski definition) is 2. The summed E-state index contributed by atoms with van der Waals surface area (Å²) < 4.78 is 10.8. The number of carbonyl (C=O) groups is 1. The van der Waals surface area contributed by atoms with Gasteiger partial charge in [0.25, 0.3) is 5.91 Å². The zero-order valence-electron chi connectivity index (χ0n) is 14.9. The minimum Gasteiger partial charge on any atom is -0.384 e. The Labute approximate surface area is 149 Å². The van der Waals surface area contributed by atoms with Gasteiger partial charge in [0, 0.05) is 38.4 Å². The van der Waals surface area contributed by atoms with Gasteiger partial charge in [-0.3, -0.25) is 4.79 Å². The number of hydrogen-bond acceptors (Lipinski definition) is 6. The summed E-state index contributed by atoms with van der Waals surface area (Å²) >= 11 is 0. The van der Waals surface area contributed by atoms with E-state index in [9.17, 15) is 4.79 Å². The zero-order chi connectivity index (χ0) is 17.5. The summed E-state index contributed by atoms with van der Waals surface area (Å²) in [5.41, 5.74) is 0.641. The first-order valence-electron chi connectivity index (χ1n) is 9.00. The van der Waals surface area contributed by atoms with Gasteiger partial charge in [-0.2, -0.15) is 0 Å². The summed E-state index contributed by atoms with van der Waals surface area (Å²) in [6, 6.07) is 3.66. The van der Waals surface area contributed by atoms with E-state index in [1.54, 1.807) is 13.3 Å². The lowest BCUT2D eigenvalue weighted by atomic mass is 9.79. The Morgan fingerprint density at radius 1 is 1.40 bits per heavy atom. The highest BCUT2D eigenvalue weighted by Crippen LogP contribution is 2.28. The van der Waals surface area contributed by atoms with Gasteiger partial charge in [0.2, 0.25) is 0 Å². The molecule has 0 spiro atoms. The Hall–Kier alpha value is -1.70. The van der Waals surface area contributed by atoms with E-state index in [4.69, 9.17) is 9.47 Å². The van der Waals surface area contributed by atoms with Crippen LogP contribution >= 0.6 is 0 Å². The molecule has 7 nitrogen and oxygen atoms in total. The predicted molar refractivity (Wildman–Crippen MR) is 96.0 cm³/mol. The highest BCUT2D eigenvalue weighted by Gasteiger charge is 2.33. The topological polar surface area (TPSA) is 75.7 Å². The van der Waals surface area contributed by atoms with Gasteiger partial charge in [0.1, 0.15) is 5.82 Å². The van der Waals surface area contributed by atoms with Crippen molar-refractivity contribution in [1.82, 2.24) is 15.6 Å². The Kier molecular flexibility index (Phi) is 6.23. The summed E-state index contributed by atoms with van der Waals surface area (Å²) in [7, 11) is 1.73. The van der Waals surface area contributed by atoms with Gasteiger partial charge in [-0.25, -0.2) is 4.98 Å². The molecule has 7 heteroatoms. The number of rotatable bonds is 6.